The van der Waals surface area contributed by atoms with Gasteiger partial charge in [0.15, 0.2) is 0 Å². The zero-order valence-electron chi connectivity index (χ0n) is 20.5. The molecule has 4 rings (SSSR count). The number of carbonyl (C=O) groups is 1. The molecule has 190 valence electrons. The van der Waals surface area contributed by atoms with Gasteiger partial charge in [-0.3, -0.25) is 4.79 Å². The fourth-order valence-corrected chi connectivity index (χ4v) is 3.86. The van der Waals surface area contributed by atoms with E-state index in [0.717, 1.165) is 43.2 Å². The Morgan fingerprint density at radius 1 is 1.03 bits per heavy atom. The predicted octanol–water partition coefficient (Wildman–Crippen LogP) is 4.80. The minimum Gasteiger partial charge on any atom is -0.398 e. The molecule has 7 nitrogen and oxygen atoms in total. The number of carbonyl (C=O) groups excluding carboxylic acids is 1. The lowest BCUT2D eigenvalue weighted by molar-refractivity contribution is -0.115. The van der Waals surface area contributed by atoms with E-state index in [2.05, 4.69) is 39.2 Å². The Labute approximate surface area is 216 Å². The highest BCUT2D eigenvalue weighted by molar-refractivity contribution is 5.92. The molecule has 1 heterocycles. The number of nitrogens with two attached hydrogens (primary N) is 1. The molecule has 0 bridgehead atoms. The van der Waals surface area contributed by atoms with E-state index in [1.165, 1.54) is 12.1 Å². The van der Waals surface area contributed by atoms with Crippen molar-refractivity contribution in [2.75, 3.05) is 41.8 Å². The van der Waals surface area contributed by atoms with E-state index in [4.69, 9.17) is 10.5 Å². The van der Waals surface area contributed by atoms with Crippen molar-refractivity contribution in [3.63, 3.8) is 0 Å². The molecule has 1 aliphatic heterocycles. The molecule has 37 heavy (non-hydrogen) atoms. The van der Waals surface area contributed by atoms with Crippen LogP contribution in [-0.2, 0) is 16.0 Å². The summed E-state index contributed by atoms with van der Waals surface area (Å²) in [6.07, 6.45) is 3.36. The highest BCUT2D eigenvalue weighted by atomic mass is 19.1. The van der Waals surface area contributed by atoms with Crippen molar-refractivity contribution in [2.45, 2.75) is 6.42 Å². The second kappa shape index (κ2) is 12.5. The molecular formula is C29H30FN5O2. The van der Waals surface area contributed by atoms with Gasteiger partial charge in [0.1, 0.15) is 11.6 Å². The molecule has 0 spiro atoms. The second-order valence-electron chi connectivity index (χ2n) is 8.55. The first-order valence-electron chi connectivity index (χ1n) is 12.0. The summed E-state index contributed by atoms with van der Waals surface area (Å²) in [5, 5.41) is 5.97. The van der Waals surface area contributed by atoms with E-state index in [9.17, 15) is 9.18 Å². The van der Waals surface area contributed by atoms with E-state index in [-0.39, 0.29) is 18.1 Å². The Balaban J connectivity index is 1.26. The van der Waals surface area contributed by atoms with Crippen LogP contribution in [0.3, 0.4) is 0 Å². The molecule has 0 unspecified atom stereocenters. The third-order valence-electron chi connectivity index (χ3n) is 5.77. The number of allylic oxidation sites excluding steroid dienone is 1. The van der Waals surface area contributed by atoms with E-state index in [0.29, 0.717) is 22.8 Å². The fraction of sp³-hybridized carbons (Fsp3) is 0.172. The van der Waals surface area contributed by atoms with Gasteiger partial charge in [0, 0.05) is 42.1 Å². The molecule has 0 aromatic heterocycles. The van der Waals surface area contributed by atoms with Crippen LogP contribution in [0.4, 0.5) is 21.5 Å². The summed E-state index contributed by atoms with van der Waals surface area (Å²) in [4.78, 5) is 18.8. The quantitative estimate of drug-likeness (QED) is 0.368. The first-order valence-corrected chi connectivity index (χ1v) is 12.0. The third-order valence-corrected chi connectivity index (χ3v) is 5.77. The maximum Gasteiger partial charge on any atom is 0.228 e. The van der Waals surface area contributed by atoms with Crippen molar-refractivity contribution in [1.29, 1.82) is 0 Å². The van der Waals surface area contributed by atoms with Crippen LogP contribution in [0, 0.1) is 5.82 Å². The highest BCUT2D eigenvalue weighted by Gasteiger charge is 2.10. The summed E-state index contributed by atoms with van der Waals surface area (Å²) < 4.78 is 18.7. The number of rotatable bonds is 9. The largest absolute Gasteiger partial charge is 0.398 e. The van der Waals surface area contributed by atoms with Crippen LogP contribution in [0.1, 0.15) is 11.1 Å². The molecule has 4 N–H and O–H groups in total. The Bertz CT molecular complexity index is 1280. The van der Waals surface area contributed by atoms with Gasteiger partial charge in [0.05, 0.1) is 19.6 Å². The van der Waals surface area contributed by atoms with Gasteiger partial charge in [0.25, 0.3) is 0 Å². The van der Waals surface area contributed by atoms with Crippen molar-refractivity contribution >= 4 is 34.9 Å². The maximum absolute atomic E-state index is 13.3. The van der Waals surface area contributed by atoms with Crippen LogP contribution in [0.25, 0.3) is 5.70 Å². The number of morpholine rings is 1. The smallest absolute Gasteiger partial charge is 0.228 e. The normalized spacial score (nSPS) is 14.0. The van der Waals surface area contributed by atoms with Crippen LogP contribution in [0.15, 0.2) is 96.3 Å². The zero-order chi connectivity index (χ0) is 26.0. The lowest BCUT2D eigenvalue weighted by atomic mass is 10.1. The fourth-order valence-electron chi connectivity index (χ4n) is 3.86. The SMILES string of the molecule is C=C(N=C/C=C(\N)c1ccc(NC(=O)Cc2cccc(F)c2)cc1)Nc1ccc(N2CCOCC2)cc1. The van der Waals surface area contributed by atoms with Crippen molar-refractivity contribution in [2.24, 2.45) is 10.7 Å². The van der Waals surface area contributed by atoms with E-state index in [1.807, 2.05) is 12.1 Å². The average Bonchev–Trinajstić information content (AvgIpc) is 2.90. The number of nitrogens with one attached hydrogen (secondary N) is 2. The maximum atomic E-state index is 13.3. The van der Waals surface area contributed by atoms with Gasteiger partial charge >= 0.3 is 0 Å². The number of ether oxygens (including phenoxy) is 1. The van der Waals surface area contributed by atoms with Gasteiger partial charge in [-0.05, 0) is 65.7 Å². The monoisotopic (exact) mass is 499 g/mol. The number of halogens is 1. The van der Waals surface area contributed by atoms with Gasteiger partial charge in [-0.15, -0.1) is 0 Å². The van der Waals surface area contributed by atoms with Gasteiger partial charge in [0.2, 0.25) is 5.91 Å². The molecule has 3 aromatic rings. The standard InChI is InChI=1S/C29H30FN5O2/c1-21(33-25-9-11-27(12-10-25)35-15-17-37-18-16-35)32-14-13-28(31)23-5-7-26(8-6-23)34-29(36)20-22-3-2-4-24(30)19-22/h2-14,19,33H,1,15-18,20,31H2,(H,34,36)/b28-13-,32-14?. The molecule has 0 atom stereocenters. The summed E-state index contributed by atoms with van der Waals surface area (Å²) >= 11 is 0. The predicted molar refractivity (Wildman–Crippen MR) is 148 cm³/mol. The molecular weight excluding hydrogens is 469 g/mol. The molecule has 0 saturated carbocycles. The van der Waals surface area contributed by atoms with Crippen LogP contribution in [-0.4, -0.2) is 38.4 Å². The number of benzene rings is 3. The van der Waals surface area contributed by atoms with Gasteiger partial charge in [-0.2, -0.15) is 0 Å². The number of aliphatic imine (C=N–C) groups is 1. The van der Waals surface area contributed by atoms with Gasteiger partial charge < -0.3 is 26.0 Å². The minimum atomic E-state index is -0.363. The van der Waals surface area contributed by atoms with Crippen LogP contribution in [0.5, 0.6) is 0 Å². The summed E-state index contributed by atoms with van der Waals surface area (Å²) in [6.45, 7) is 7.23. The Morgan fingerprint density at radius 3 is 2.41 bits per heavy atom. The molecule has 1 aliphatic rings. The minimum absolute atomic E-state index is 0.0912. The molecule has 3 aromatic carbocycles. The highest BCUT2D eigenvalue weighted by Crippen LogP contribution is 2.20. The molecule has 8 heteroatoms. The molecule has 1 fully saturated rings. The Kier molecular flexibility index (Phi) is 8.67. The van der Waals surface area contributed by atoms with Gasteiger partial charge in [-0.25, -0.2) is 9.38 Å². The second-order valence-corrected chi connectivity index (χ2v) is 8.55. The van der Waals surface area contributed by atoms with Gasteiger partial charge in [-0.1, -0.05) is 30.8 Å². The number of nitrogens with zero attached hydrogens (tertiary/aromatic N) is 2. The lowest BCUT2D eigenvalue weighted by Crippen LogP contribution is -2.36. The van der Waals surface area contributed by atoms with Crippen LogP contribution < -0.4 is 21.3 Å². The van der Waals surface area contributed by atoms with Crippen LogP contribution in [0.2, 0.25) is 0 Å². The van der Waals surface area contributed by atoms with E-state index < -0.39 is 0 Å². The first kappa shape index (κ1) is 25.7. The number of anilines is 3. The molecule has 1 amide bonds. The zero-order valence-corrected chi connectivity index (χ0v) is 20.5. The van der Waals surface area contributed by atoms with Crippen molar-refractivity contribution < 1.29 is 13.9 Å². The number of hydrogen-bond acceptors (Lipinski definition) is 6. The number of amides is 1. The average molecular weight is 500 g/mol. The van der Waals surface area contributed by atoms with E-state index >= 15 is 0 Å². The lowest BCUT2D eigenvalue weighted by Gasteiger charge is -2.28. The van der Waals surface area contributed by atoms with Crippen molar-refractivity contribution in [3.8, 4) is 0 Å². The van der Waals surface area contributed by atoms with E-state index in [1.54, 1.807) is 48.7 Å². The van der Waals surface area contributed by atoms with Crippen molar-refractivity contribution in [1.82, 2.24) is 0 Å². The van der Waals surface area contributed by atoms with Crippen molar-refractivity contribution in [3.05, 3.63) is 108 Å². The Morgan fingerprint density at radius 2 is 1.70 bits per heavy atom. The summed E-state index contributed by atoms with van der Waals surface area (Å²) in [7, 11) is 0. The third kappa shape index (κ3) is 7.78. The molecule has 0 aliphatic carbocycles. The summed E-state index contributed by atoms with van der Waals surface area (Å²) in [5.41, 5.74) is 10.8. The van der Waals surface area contributed by atoms with Crippen LogP contribution >= 0.6 is 0 Å². The summed E-state index contributed by atoms with van der Waals surface area (Å²) in [5.74, 6) is -0.103. The molecule has 1 saturated heterocycles. The Hall–Kier alpha value is -4.43. The molecule has 0 radical (unpaired) electrons. The first-order chi connectivity index (χ1) is 18.0. The number of hydrogen-bond donors (Lipinski definition) is 3. The topological polar surface area (TPSA) is 92.0 Å². The summed E-state index contributed by atoms with van der Waals surface area (Å²) in [6, 6.07) is 21.2.